The van der Waals surface area contributed by atoms with Gasteiger partial charge in [0.25, 0.3) is 0 Å². The summed E-state index contributed by atoms with van der Waals surface area (Å²) in [6, 6.07) is 2.20. The number of hydrogen-bond donors (Lipinski definition) is 0. The molecule has 0 bridgehead atoms. The molecular formula is C14H21N3S. The van der Waals surface area contributed by atoms with Gasteiger partial charge in [0.15, 0.2) is 0 Å². The van der Waals surface area contributed by atoms with Crippen LogP contribution in [0.1, 0.15) is 55.7 Å². The Balaban J connectivity index is 2.19. The van der Waals surface area contributed by atoms with Gasteiger partial charge in [0.05, 0.1) is 22.9 Å². The van der Waals surface area contributed by atoms with Gasteiger partial charge in [-0.1, -0.05) is 27.7 Å². The topological polar surface area (TPSA) is 30.7 Å². The van der Waals surface area contributed by atoms with Crippen LogP contribution in [0.3, 0.4) is 0 Å². The molecule has 98 valence electrons. The zero-order chi connectivity index (χ0) is 13.1. The van der Waals surface area contributed by atoms with E-state index in [1.807, 2.05) is 0 Å². The van der Waals surface area contributed by atoms with Gasteiger partial charge in [-0.3, -0.25) is 4.68 Å². The lowest BCUT2D eigenvalue weighted by Crippen LogP contribution is -2.06. The van der Waals surface area contributed by atoms with Crippen LogP contribution in [-0.2, 0) is 19.4 Å². The molecular weight excluding hydrogens is 242 g/mol. The molecule has 0 aliphatic rings. The van der Waals surface area contributed by atoms with Gasteiger partial charge in [0.2, 0.25) is 0 Å². The van der Waals surface area contributed by atoms with E-state index in [0.29, 0.717) is 5.92 Å². The summed E-state index contributed by atoms with van der Waals surface area (Å²) >= 11 is 1.75. The third kappa shape index (κ3) is 2.80. The number of rotatable bonds is 5. The van der Waals surface area contributed by atoms with Gasteiger partial charge < -0.3 is 0 Å². The van der Waals surface area contributed by atoms with Crippen LogP contribution in [0.15, 0.2) is 11.4 Å². The molecule has 2 aromatic rings. The van der Waals surface area contributed by atoms with Gasteiger partial charge in [-0.05, 0) is 18.9 Å². The molecule has 18 heavy (non-hydrogen) atoms. The van der Waals surface area contributed by atoms with Gasteiger partial charge >= 0.3 is 0 Å². The maximum absolute atomic E-state index is 4.67. The Labute approximate surface area is 113 Å². The average molecular weight is 263 g/mol. The number of thiazole rings is 1. The number of nitrogens with zero attached hydrogens (tertiary/aromatic N) is 3. The van der Waals surface area contributed by atoms with Crippen LogP contribution in [0.2, 0.25) is 0 Å². The Kier molecular flexibility index (Phi) is 4.17. The van der Waals surface area contributed by atoms with Crippen LogP contribution in [0, 0.1) is 0 Å². The summed E-state index contributed by atoms with van der Waals surface area (Å²) in [6.45, 7) is 9.48. The van der Waals surface area contributed by atoms with Gasteiger partial charge in [0, 0.05) is 17.0 Å². The standard InChI is InChI=1S/C14H21N3S/c1-5-11-7-13(6-2)17(16-11)8-12-9-18-14(15-12)10(3)4/h7,9-10H,5-6,8H2,1-4H3. The third-order valence-corrected chi connectivity index (χ3v) is 4.21. The van der Waals surface area contributed by atoms with Crippen molar-refractivity contribution in [2.24, 2.45) is 0 Å². The monoisotopic (exact) mass is 263 g/mol. The number of aryl methyl sites for hydroxylation is 2. The van der Waals surface area contributed by atoms with E-state index in [2.05, 4.69) is 53.9 Å². The average Bonchev–Trinajstić information content (AvgIpc) is 2.96. The first-order valence-corrected chi connectivity index (χ1v) is 7.51. The van der Waals surface area contributed by atoms with E-state index in [4.69, 9.17) is 0 Å². The Hall–Kier alpha value is -1.16. The molecule has 0 aliphatic heterocycles. The minimum Gasteiger partial charge on any atom is -0.263 e. The van der Waals surface area contributed by atoms with E-state index in [9.17, 15) is 0 Å². The molecule has 0 aliphatic carbocycles. The van der Waals surface area contributed by atoms with Gasteiger partial charge in [-0.2, -0.15) is 5.10 Å². The summed E-state index contributed by atoms with van der Waals surface area (Å²) in [5.74, 6) is 0.512. The normalized spacial score (nSPS) is 11.4. The van der Waals surface area contributed by atoms with E-state index >= 15 is 0 Å². The van der Waals surface area contributed by atoms with Gasteiger partial charge in [-0.15, -0.1) is 11.3 Å². The molecule has 0 saturated heterocycles. The highest BCUT2D eigenvalue weighted by atomic mass is 32.1. The second-order valence-electron chi connectivity index (χ2n) is 4.82. The summed E-state index contributed by atoms with van der Waals surface area (Å²) in [6.07, 6.45) is 2.02. The summed E-state index contributed by atoms with van der Waals surface area (Å²) in [5.41, 5.74) is 3.60. The molecule has 0 unspecified atom stereocenters. The molecule has 0 amide bonds. The van der Waals surface area contributed by atoms with Crippen LogP contribution >= 0.6 is 11.3 Å². The van der Waals surface area contributed by atoms with Crippen molar-refractivity contribution in [1.82, 2.24) is 14.8 Å². The molecule has 0 aromatic carbocycles. The van der Waals surface area contributed by atoms with Crippen molar-refractivity contribution in [3.8, 4) is 0 Å². The first-order chi connectivity index (χ1) is 8.63. The maximum Gasteiger partial charge on any atom is 0.0954 e. The predicted molar refractivity (Wildman–Crippen MR) is 76.3 cm³/mol. The first kappa shape index (κ1) is 13.3. The molecule has 0 N–H and O–H groups in total. The van der Waals surface area contributed by atoms with Crippen molar-refractivity contribution in [2.45, 2.75) is 53.0 Å². The first-order valence-electron chi connectivity index (χ1n) is 6.63. The molecule has 0 spiro atoms. The lowest BCUT2D eigenvalue weighted by atomic mass is 10.2. The highest BCUT2D eigenvalue weighted by molar-refractivity contribution is 7.09. The fourth-order valence-corrected chi connectivity index (χ4v) is 2.75. The van der Waals surface area contributed by atoms with Crippen molar-refractivity contribution < 1.29 is 0 Å². The molecule has 0 radical (unpaired) electrons. The van der Waals surface area contributed by atoms with Crippen molar-refractivity contribution in [3.63, 3.8) is 0 Å². The fraction of sp³-hybridized carbons (Fsp3) is 0.571. The Morgan fingerprint density at radius 3 is 2.56 bits per heavy atom. The Morgan fingerprint density at radius 1 is 1.22 bits per heavy atom. The van der Waals surface area contributed by atoms with Crippen molar-refractivity contribution >= 4 is 11.3 Å². The van der Waals surface area contributed by atoms with Crippen molar-refractivity contribution in [3.05, 3.63) is 33.5 Å². The summed E-state index contributed by atoms with van der Waals surface area (Å²) in [7, 11) is 0. The summed E-state index contributed by atoms with van der Waals surface area (Å²) < 4.78 is 2.10. The van der Waals surface area contributed by atoms with Crippen molar-refractivity contribution in [1.29, 1.82) is 0 Å². The van der Waals surface area contributed by atoms with Gasteiger partial charge in [0.1, 0.15) is 0 Å². The third-order valence-electron chi connectivity index (χ3n) is 3.01. The zero-order valence-electron chi connectivity index (χ0n) is 11.6. The highest BCUT2D eigenvalue weighted by Gasteiger charge is 2.09. The molecule has 0 atom stereocenters. The number of hydrogen-bond acceptors (Lipinski definition) is 3. The fourth-order valence-electron chi connectivity index (χ4n) is 1.92. The van der Waals surface area contributed by atoms with Gasteiger partial charge in [-0.25, -0.2) is 4.98 Å². The quantitative estimate of drug-likeness (QED) is 0.824. The highest BCUT2D eigenvalue weighted by Crippen LogP contribution is 2.20. The maximum atomic E-state index is 4.67. The van der Waals surface area contributed by atoms with Crippen LogP contribution in [0.25, 0.3) is 0 Å². The van der Waals surface area contributed by atoms with E-state index in [1.54, 1.807) is 11.3 Å². The largest absolute Gasteiger partial charge is 0.263 e. The smallest absolute Gasteiger partial charge is 0.0954 e. The molecule has 0 fully saturated rings. The van der Waals surface area contributed by atoms with E-state index < -0.39 is 0 Å². The minimum absolute atomic E-state index is 0.512. The van der Waals surface area contributed by atoms with Crippen LogP contribution in [0.4, 0.5) is 0 Å². The molecule has 2 aromatic heterocycles. The van der Waals surface area contributed by atoms with Crippen molar-refractivity contribution in [2.75, 3.05) is 0 Å². The van der Waals surface area contributed by atoms with Crippen LogP contribution in [-0.4, -0.2) is 14.8 Å². The van der Waals surface area contributed by atoms with Crippen LogP contribution < -0.4 is 0 Å². The Morgan fingerprint density at radius 2 is 2.00 bits per heavy atom. The molecule has 2 rings (SSSR count). The predicted octanol–water partition coefficient (Wildman–Crippen LogP) is 3.64. The summed E-state index contributed by atoms with van der Waals surface area (Å²) in [4.78, 5) is 4.67. The number of aromatic nitrogens is 3. The Bertz CT molecular complexity index is 511. The SMILES string of the molecule is CCc1cc(CC)n(Cc2csc(C(C)C)n2)n1. The zero-order valence-corrected chi connectivity index (χ0v) is 12.4. The molecule has 4 heteroatoms. The minimum atomic E-state index is 0.512. The van der Waals surface area contributed by atoms with Crippen LogP contribution in [0.5, 0.6) is 0 Å². The molecule has 2 heterocycles. The lowest BCUT2D eigenvalue weighted by molar-refractivity contribution is 0.629. The van der Waals surface area contributed by atoms with E-state index in [0.717, 1.165) is 25.1 Å². The second-order valence-corrected chi connectivity index (χ2v) is 5.71. The van der Waals surface area contributed by atoms with E-state index in [1.165, 1.54) is 16.4 Å². The molecule has 3 nitrogen and oxygen atoms in total. The van der Waals surface area contributed by atoms with E-state index in [-0.39, 0.29) is 0 Å². The lowest BCUT2D eigenvalue weighted by Gasteiger charge is -2.03. The molecule has 0 saturated carbocycles. The summed E-state index contributed by atoms with van der Waals surface area (Å²) in [5, 5.41) is 8.00. The second kappa shape index (κ2) is 5.65.